The molecule has 0 aliphatic carbocycles. The SMILES string of the molecule is Cc1ccc(Br)cc1NCc1cnc2cnc(Br)cn12. The van der Waals surface area contributed by atoms with Crippen molar-refractivity contribution in [3.05, 3.63) is 57.1 Å². The number of hydrogen-bond donors (Lipinski definition) is 1. The highest BCUT2D eigenvalue weighted by Crippen LogP contribution is 2.21. The molecule has 1 N–H and O–H groups in total. The second-order valence-corrected chi connectivity index (χ2v) is 6.23. The molecule has 1 aromatic carbocycles. The van der Waals surface area contributed by atoms with Crippen molar-refractivity contribution in [3.8, 4) is 0 Å². The fourth-order valence-corrected chi connectivity index (χ4v) is 2.69. The van der Waals surface area contributed by atoms with E-state index in [-0.39, 0.29) is 0 Å². The molecule has 0 amide bonds. The molecule has 20 heavy (non-hydrogen) atoms. The molecule has 102 valence electrons. The van der Waals surface area contributed by atoms with Gasteiger partial charge in [-0.1, -0.05) is 22.0 Å². The minimum Gasteiger partial charge on any atom is -0.379 e. The van der Waals surface area contributed by atoms with E-state index in [2.05, 4.69) is 66.2 Å². The van der Waals surface area contributed by atoms with Gasteiger partial charge in [0, 0.05) is 16.4 Å². The van der Waals surface area contributed by atoms with Gasteiger partial charge in [-0.3, -0.25) is 4.40 Å². The molecule has 0 spiro atoms. The summed E-state index contributed by atoms with van der Waals surface area (Å²) in [6, 6.07) is 6.20. The topological polar surface area (TPSA) is 42.2 Å². The average molecular weight is 396 g/mol. The molecule has 0 aliphatic heterocycles. The van der Waals surface area contributed by atoms with E-state index in [1.54, 1.807) is 6.20 Å². The summed E-state index contributed by atoms with van der Waals surface area (Å²) in [5.74, 6) is 0. The highest BCUT2D eigenvalue weighted by molar-refractivity contribution is 9.10. The Kier molecular flexibility index (Phi) is 3.76. The first kappa shape index (κ1) is 13.6. The van der Waals surface area contributed by atoms with E-state index in [1.165, 1.54) is 5.56 Å². The lowest BCUT2D eigenvalue weighted by atomic mass is 10.2. The van der Waals surface area contributed by atoms with E-state index < -0.39 is 0 Å². The van der Waals surface area contributed by atoms with Crippen LogP contribution in [0.25, 0.3) is 5.65 Å². The first-order chi connectivity index (χ1) is 9.63. The molecule has 6 heteroatoms. The van der Waals surface area contributed by atoms with Gasteiger partial charge in [0.15, 0.2) is 5.65 Å². The normalized spacial score (nSPS) is 10.9. The third kappa shape index (κ3) is 2.71. The fraction of sp³-hybridized carbons (Fsp3) is 0.143. The summed E-state index contributed by atoms with van der Waals surface area (Å²) in [5, 5.41) is 3.44. The van der Waals surface area contributed by atoms with Gasteiger partial charge in [-0.2, -0.15) is 0 Å². The molecule has 0 saturated carbocycles. The Morgan fingerprint density at radius 1 is 1.20 bits per heavy atom. The van der Waals surface area contributed by atoms with E-state index in [9.17, 15) is 0 Å². The van der Waals surface area contributed by atoms with Crippen molar-refractivity contribution < 1.29 is 0 Å². The van der Waals surface area contributed by atoms with Crippen LogP contribution in [0.1, 0.15) is 11.3 Å². The number of hydrogen-bond acceptors (Lipinski definition) is 3. The number of halogens is 2. The quantitative estimate of drug-likeness (QED) is 0.723. The third-order valence-electron chi connectivity index (χ3n) is 3.10. The van der Waals surface area contributed by atoms with Crippen LogP contribution in [0.4, 0.5) is 5.69 Å². The summed E-state index contributed by atoms with van der Waals surface area (Å²) in [5.41, 5.74) is 4.26. The number of benzene rings is 1. The fourth-order valence-electron chi connectivity index (χ4n) is 2.02. The molecular formula is C14H12Br2N4. The Labute approximate surface area is 133 Å². The van der Waals surface area contributed by atoms with Crippen molar-refractivity contribution in [3.63, 3.8) is 0 Å². The smallest absolute Gasteiger partial charge is 0.155 e. The number of nitrogens with zero attached hydrogens (tertiary/aromatic N) is 3. The zero-order valence-corrected chi connectivity index (χ0v) is 13.9. The molecule has 2 heterocycles. The number of nitrogens with one attached hydrogen (secondary N) is 1. The Balaban J connectivity index is 1.86. The zero-order chi connectivity index (χ0) is 14.1. The Bertz CT molecular complexity index is 767. The van der Waals surface area contributed by atoms with Crippen molar-refractivity contribution in [2.75, 3.05) is 5.32 Å². The molecule has 2 aromatic heterocycles. The van der Waals surface area contributed by atoms with Crippen molar-refractivity contribution >= 4 is 43.2 Å². The predicted molar refractivity (Wildman–Crippen MR) is 86.9 cm³/mol. The molecule has 0 unspecified atom stereocenters. The Morgan fingerprint density at radius 3 is 2.90 bits per heavy atom. The van der Waals surface area contributed by atoms with Crippen LogP contribution < -0.4 is 5.32 Å². The molecule has 0 saturated heterocycles. The summed E-state index contributed by atoms with van der Waals surface area (Å²) in [6.07, 6.45) is 5.54. The van der Waals surface area contributed by atoms with Crippen molar-refractivity contribution in [2.24, 2.45) is 0 Å². The summed E-state index contributed by atoms with van der Waals surface area (Å²) >= 11 is 6.87. The van der Waals surface area contributed by atoms with E-state index in [0.29, 0.717) is 6.54 Å². The van der Waals surface area contributed by atoms with Gasteiger partial charge in [0.05, 0.1) is 24.6 Å². The van der Waals surface area contributed by atoms with E-state index in [0.717, 1.165) is 26.1 Å². The maximum atomic E-state index is 4.34. The predicted octanol–water partition coefficient (Wildman–Crippen LogP) is 4.17. The number of aromatic nitrogens is 3. The van der Waals surface area contributed by atoms with Crippen LogP contribution in [-0.4, -0.2) is 14.4 Å². The third-order valence-corrected chi connectivity index (χ3v) is 4.00. The number of rotatable bonds is 3. The van der Waals surface area contributed by atoms with E-state index >= 15 is 0 Å². The number of imidazole rings is 1. The van der Waals surface area contributed by atoms with Crippen LogP contribution >= 0.6 is 31.9 Å². The summed E-state index contributed by atoms with van der Waals surface area (Å²) in [4.78, 5) is 8.51. The molecule has 0 radical (unpaired) electrons. The molecule has 0 atom stereocenters. The number of anilines is 1. The molecular weight excluding hydrogens is 384 g/mol. The minimum atomic E-state index is 0.703. The molecule has 4 nitrogen and oxygen atoms in total. The largest absolute Gasteiger partial charge is 0.379 e. The summed E-state index contributed by atoms with van der Waals surface area (Å²) < 4.78 is 3.88. The Morgan fingerprint density at radius 2 is 2.05 bits per heavy atom. The maximum absolute atomic E-state index is 4.34. The average Bonchev–Trinajstić information content (AvgIpc) is 2.82. The summed E-state index contributed by atoms with van der Waals surface area (Å²) in [6.45, 7) is 2.79. The second kappa shape index (κ2) is 5.54. The monoisotopic (exact) mass is 394 g/mol. The first-order valence-electron chi connectivity index (χ1n) is 6.11. The van der Waals surface area contributed by atoms with Crippen molar-refractivity contribution in [1.82, 2.24) is 14.4 Å². The van der Waals surface area contributed by atoms with Crippen LogP contribution in [0.5, 0.6) is 0 Å². The lowest BCUT2D eigenvalue weighted by molar-refractivity contribution is 0.981. The number of aryl methyl sites for hydroxylation is 1. The van der Waals surface area contributed by atoms with E-state index in [4.69, 9.17) is 0 Å². The molecule has 0 aliphatic rings. The van der Waals surface area contributed by atoms with Gasteiger partial charge < -0.3 is 5.32 Å². The summed E-state index contributed by atoms with van der Waals surface area (Å²) in [7, 11) is 0. The van der Waals surface area contributed by atoms with Crippen LogP contribution in [0.3, 0.4) is 0 Å². The van der Waals surface area contributed by atoms with Gasteiger partial charge in [-0.05, 0) is 40.5 Å². The molecule has 3 rings (SSSR count). The zero-order valence-electron chi connectivity index (χ0n) is 10.8. The molecule has 3 aromatic rings. The highest BCUT2D eigenvalue weighted by atomic mass is 79.9. The first-order valence-corrected chi connectivity index (χ1v) is 7.69. The maximum Gasteiger partial charge on any atom is 0.155 e. The van der Waals surface area contributed by atoms with Crippen LogP contribution in [0.15, 0.2) is 45.9 Å². The van der Waals surface area contributed by atoms with Gasteiger partial charge in [0.25, 0.3) is 0 Å². The minimum absolute atomic E-state index is 0.703. The van der Waals surface area contributed by atoms with Gasteiger partial charge in [0.1, 0.15) is 4.60 Å². The lowest BCUT2D eigenvalue weighted by Crippen LogP contribution is -2.04. The standard InChI is InChI=1S/C14H12Br2N4/c1-9-2-3-10(15)4-12(9)17-5-11-6-19-14-7-18-13(16)8-20(11)14/h2-4,6-8,17H,5H2,1H3. The molecule has 0 bridgehead atoms. The van der Waals surface area contributed by atoms with Crippen LogP contribution in [0.2, 0.25) is 0 Å². The van der Waals surface area contributed by atoms with Crippen LogP contribution in [-0.2, 0) is 6.54 Å². The van der Waals surface area contributed by atoms with Crippen LogP contribution in [0, 0.1) is 6.92 Å². The van der Waals surface area contributed by atoms with Gasteiger partial charge in [-0.25, -0.2) is 9.97 Å². The van der Waals surface area contributed by atoms with Gasteiger partial charge in [-0.15, -0.1) is 0 Å². The lowest BCUT2D eigenvalue weighted by Gasteiger charge is -2.10. The van der Waals surface area contributed by atoms with Gasteiger partial charge >= 0.3 is 0 Å². The van der Waals surface area contributed by atoms with Crippen molar-refractivity contribution in [2.45, 2.75) is 13.5 Å². The number of fused-ring (bicyclic) bond motifs is 1. The Hall–Kier alpha value is -1.40. The molecule has 0 fully saturated rings. The van der Waals surface area contributed by atoms with Crippen molar-refractivity contribution in [1.29, 1.82) is 0 Å². The second-order valence-electron chi connectivity index (χ2n) is 4.50. The van der Waals surface area contributed by atoms with E-state index in [1.807, 2.05) is 22.9 Å². The van der Waals surface area contributed by atoms with Gasteiger partial charge in [0.2, 0.25) is 0 Å². The highest BCUT2D eigenvalue weighted by Gasteiger charge is 2.05.